The number of carboxylic acids is 1. The number of carbonyl (C=O) groups excluding carboxylic acids is 1. The Morgan fingerprint density at radius 1 is 1.29 bits per heavy atom. The fourth-order valence-electron chi connectivity index (χ4n) is 1.74. The molecule has 0 aliphatic heterocycles. The van der Waals surface area contributed by atoms with Crippen molar-refractivity contribution in [1.82, 2.24) is 5.32 Å². The fraction of sp³-hybridized carbons (Fsp3) is 0.429. The standard InChI is InChI=1S/C14H17F2NO4/c1-8(2)10(7-12(18)19)17-13(20)9-5-3-4-6-11(9)21-14(15)16/h3-6,8,10,14H,7H2,1-2H3,(H,17,20)(H,18,19). The van der Waals surface area contributed by atoms with E-state index >= 15 is 0 Å². The van der Waals surface area contributed by atoms with E-state index in [9.17, 15) is 18.4 Å². The first-order valence-electron chi connectivity index (χ1n) is 6.37. The number of hydrogen-bond donors (Lipinski definition) is 2. The number of ether oxygens (including phenoxy) is 1. The summed E-state index contributed by atoms with van der Waals surface area (Å²) >= 11 is 0. The molecular weight excluding hydrogens is 284 g/mol. The molecule has 0 saturated heterocycles. The first-order chi connectivity index (χ1) is 9.81. The van der Waals surface area contributed by atoms with E-state index in [2.05, 4.69) is 10.1 Å². The quantitative estimate of drug-likeness (QED) is 0.811. The Morgan fingerprint density at radius 3 is 2.43 bits per heavy atom. The molecule has 1 unspecified atom stereocenters. The number of carboxylic acid groups (broad SMARTS) is 1. The maximum absolute atomic E-state index is 12.3. The van der Waals surface area contributed by atoms with Gasteiger partial charge < -0.3 is 15.2 Å². The third kappa shape index (κ3) is 5.37. The van der Waals surface area contributed by atoms with E-state index in [0.717, 1.165) is 0 Å². The summed E-state index contributed by atoms with van der Waals surface area (Å²) in [5.41, 5.74) is -0.0613. The van der Waals surface area contributed by atoms with Crippen LogP contribution in [0.2, 0.25) is 0 Å². The molecule has 7 heteroatoms. The molecule has 1 amide bonds. The fourth-order valence-corrected chi connectivity index (χ4v) is 1.74. The van der Waals surface area contributed by atoms with Gasteiger partial charge in [0.25, 0.3) is 5.91 Å². The zero-order valence-corrected chi connectivity index (χ0v) is 11.7. The number of halogens is 2. The van der Waals surface area contributed by atoms with Crippen molar-refractivity contribution in [1.29, 1.82) is 0 Å². The summed E-state index contributed by atoms with van der Waals surface area (Å²) in [6, 6.07) is 4.96. The van der Waals surface area contributed by atoms with Gasteiger partial charge in [0.1, 0.15) is 5.75 Å². The van der Waals surface area contributed by atoms with Crippen molar-refractivity contribution in [2.24, 2.45) is 5.92 Å². The van der Waals surface area contributed by atoms with Crippen LogP contribution < -0.4 is 10.1 Å². The molecule has 5 nitrogen and oxygen atoms in total. The molecule has 1 aromatic carbocycles. The van der Waals surface area contributed by atoms with Crippen LogP contribution in [-0.2, 0) is 4.79 Å². The summed E-state index contributed by atoms with van der Waals surface area (Å²) in [7, 11) is 0. The van der Waals surface area contributed by atoms with Crippen LogP contribution in [0.15, 0.2) is 24.3 Å². The summed E-state index contributed by atoms with van der Waals surface area (Å²) in [5, 5.41) is 11.3. The second-order valence-electron chi connectivity index (χ2n) is 4.80. The maximum atomic E-state index is 12.3. The zero-order valence-electron chi connectivity index (χ0n) is 11.7. The molecule has 0 aromatic heterocycles. The Balaban J connectivity index is 2.89. The number of nitrogens with one attached hydrogen (secondary N) is 1. The Morgan fingerprint density at radius 2 is 1.90 bits per heavy atom. The molecule has 116 valence electrons. The molecule has 0 radical (unpaired) electrons. The Bertz CT molecular complexity index is 506. The van der Waals surface area contributed by atoms with Gasteiger partial charge in [-0.15, -0.1) is 0 Å². The summed E-state index contributed by atoms with van der Waals surface area (Å²) in [6.45, 7) is 0.476. The molecule has 0 aliphatic rings. The highest BCUT2D eigenvalue weighted by atomic mass is 19.3. The number of benzene rings is 1. The van der Waals surface area contributed by atoms with Gasteiger partial charge in [0.05, 0.1) is 12.0 Å². The predicted molar refractivity (Wildman–Crippen MR) is 71.4 cm³/mol. The van der Waals surface area contributed by atoms with Gasteiger partial charge in [-0.05, 0) is 18.1 Å². The van der Waals surface area contributed by atoms with Crippen molar-refractivity contribution >= 4 is 11.9 Å². The van der Waals surface area contributed by atoms with E-state index in [-0.39, 0.29) is 23.7 Å². The molecule has 1 atom stereocenters. The lowest BCUT2D eigenvalue weighted by atomic mass is 10.0. The second kappa shape index (κ2) is 7.56. The minimum absolute atomic E-state index is 0.0613. The number of alkyl halides is 2. The Kier molecular flexibility index (Phi) is 6.08. The lowest BCUT2D eigenvalue weighted by Gasteiger charge is -2.21. The first kappa shape index (κ1) is 16.9. The van der Waals surface area contributed by atoms with E-state index in [4.69, 9.17) is 5.11 Å². The average Bonchev–Trinajstić information content (AvgIpc) is 2.37. The normalized spacial score (nSPS) is 12.3. The van der Waals surface area contributed by atoms with Gasteiger partial charge in [-0.2, -0.15) is 8.78 Å². The lowest BCUT2D eigenvalue weighted by Crippen LogP contribution is -2.40. The topological polar surface area (TPSA) is 75.6 Å². The van der Waals surface area contributed by atoms with Crippen LogP contribution in [0.1, 0.15) is 30.6 Å². The Hall–Kier alpha value is -2.18. The monoisotopic (exact) mass is 301 g/mol. The minimum Gasteiger partial charge on any atom is -0.481 e. The smallest absolute Gasteiger partial charge is 0.387 e. The number of aliphatic carboxylic acids is 1. The molecule has 0 saturated carbocycles. The van der Waals surface area contributed by atoms with Crippen LogP contribution in [-0.4, -0.2) is 29.6 Å². The summed E-state index contributed by atoms with van der Waals surface area (Å²) in [5.74, 6) is -2.06. The molecule has 0 heterocycles. The van der Waals surface area contributed by atoms with Crippen LogP contribution in [0.3, 0.4) is 0 Å². The third-order valence-corrected chi connectivity index (χ3v) is 2.86. The summed E-state index contributed by atoms with van der Waals surface area (Å²) < 4.78 is 28.9. The van der Waals surface area contributed by atoms with Crippen molar-refractivity contribution < 1.29 is 28.2 Å². The van der Waals surface area contributed by atoms with Crippen LogP contribution in [0.5, 0.6) is 5.75 Å². The van der Waals surface area contributed by atoms with E-state index in [1.807, 2.05) is 0 Å². The predicted octanol–water partition coefficient (Wildman–Crippen LogP) is 2.52. The second-order valence-corrected chi connectivity index (χ2v) is 4.80. The lowest BCUT2D eigenvalue weighted by molar-refractivity contribution is -0.137. The van der Waals surface area contributed by atoms with Crippen molar-refractivity contribution in [3.05, 3.63) is 29.8 Å². The van der Waals surface area contributed by atoms with Crippen LogP contribution in [0, 0.1) is 5.92 Å². The molecule has 0 spiro atoms. The van der Waals surface area contributed by atoms with Gasteiger partial charge in [-0.1, -0.05) is 26.0 Å². The molecule has 2 N–H and O–H groups in total. The largest absolute Gasteiger partial charge is 0.481 e. The molecule has 1 aromatic rings. The number of amides is 1. The maximum Gasteiger partial charge on any atom is 0.387 e. The van der Waals surface area contributed by atoms with Gasteiger partial charge in [0, 0.05) is 6.04 Å². The molecule has 21 heavy (non-hydrogen) atoms. The molecule has 0 bridgehead atoms. The number of para-hydroxylation sites is 1. The Labute approximate surface area is 120 Å². The highest BCUT2D eigenvalue weighted by molar-refractivity contribution is 5.97. The molecule has 1 rings (SSSR count). The summed E-state index contributed by atoms with van der Waals surface area (Å²) in [6.07, 6.45) is -0.249. The molecular formula is C14H17F2NO4. The van der Waals surface area contributed by atoms with E-state index in [1.54, 1.807) is 13.8 Å². The zero-order chi connectivity index (χ0) is 16.0. The van der Waals surface area contributed by atoms with Crippen LogP contribution in [0.4, 0.5) is 8.78 Å². The van der Waals surface area contributed by atoms with Gasteiger partial charge in [-0.3, -0.25) is 9.59 Å². The SMILES string of the molecule is CC(C)C(CC(=O)O)NC(=O)c1ccccc1OC(F)F. The first-order valence-corrected chi connectivity index (χ1v) is 6.37. The summed E-state index contributed by atoms with van der Waals surface area (Å²) in [4.78, 5) is 22.9. The van der Waals surface area contributed by atoms with Crippen molar-refractivity contribution in [3.8, 4) is 5.75 Å². The van der Waals surface area contributed by atoms with Crippen LogP contribution >= 0.6 is 0 Å². The van der Waals surface area contributed by atoms with E-state index in [1.165, 1.54) is 24.3 Å². The third-order valence-electron chi connectivity index (χ3n) is 2.86. The number of hydrogen-bond acceptors (Lipinski definition) is 3. The van der Waals surface area contributed by atoms with Gasteiger partial charge in [-0.25, -0.2) is 0 Å². The van der Waals surface area contributed by atoms with Crippen molar-refractivity contribution in [3.63, 3.8) is 0 Å². The highest BCUT2D eigenvalue weighted by Crippen LogP contribution is 2.20. The van der Waals surface area contributed by atoms with Gasteiger partial charge >= 0.3 is 12.6 Å². The number of rotatable bonds is 7. The van der Waals surface area contributed by atoms with E-state index in [0.29, 0.717) is 0 Å². The average molecular weight is 301 g/mol. The van der Waals surface area contributed by atoms with Crippen LogP contribution in [0.25, 0.3) is 0 Å². The molecule has 0 aliphatic carbocycles. The van der Waals surface area contributed by atoms with E-state index < -0.39 is 24.5 Å². The number of carbonyl (C=O) groups is 2. The molecule has 0 fully saturated rings. The van der Waals surface area contributed by atoms with Crippen molar-refractivity contribution in [2.45, 2.75) is 32.9 Å². The highest BCUT2D eigenvalue weighted by Gasteiger charge is 2.22. The van der Waals surface area contributed by atoms with Crippen molar-refractivity contribution in [2.75, 3.05) is 0 Å². The van der Waals surface area contributed by atoms with Gasteiger partial charge in [0.15, 0.2) is 0 Å². The van der Waals surface area contributed by atoms with Gasteiger partial charge in [0.2, 0.25) is 0 Å². The minimum atomic E-state index is -3.04.